The van der Waals surface area contributed by atoms with E-state index in [2.05, 4.69) is 26.2 Å². The largest absolute Gasteiger partial charge is 0.329 e. The van der Waals surface area contributed by atoms with Crippen LogP contribution < -0.4 is 5.73 Å². The highest BCUT2D eigenvalue weighted by Crippen LogP contribution is 2.24. The summed E-state index contributed by atoms with van der Waals surface area (Å²) in [7, 11) is 0. The number of nitrogens with two attached hydrogens (primary N) is 1. The van der Waals surface area contributed by atoms with Crippen LogP contribution >= 0.6 is 15.9 Å². The van der Waals surface area contributed by atoms with Crippen molar-refractivity contribution in [3.8, 4) is 11.3 Å². The van der Waals surface area contributed by atoms with Crippen LogP contribution in [0.25, 0.3) is 11.3 Å². The molecule has 2 aromatic rings. The highest BCUT2D eigenvalue weighted by molar-refractivity contribution is 9.10. The molecule has 0 unspecified atom stereocenters. The van der Waals surface area contributed by atoms with Crippen molar-refractivity contribution in [1.82, 2.24) is 15.0 Å². The molecule has 6 heteroatoms. The first-order chi connectivity index (χ1) is 7.70. The fraction of sp³-hybridized carbons (Fsp3) is 0.200. The molecule has 1 heterocycles. The van der Waals surface area contributed by atoms with Crippen LogP contribution in [0, 0.1) is 5.82 Å². The van der Waals surface area contributed by atoms with E-state index >= 15 is 0 Å². The molecule has 0 fully saturated rings. The maximum absolute atomic E-state index is 13.5. The summed E-state index contributed by atoms with van der Waals surface area (Å²) in [6, 6.07) is 4.70. The maximum atomic E-state index is 13.5. The lowest BCUT2D eigenvalue weighted by Gasteiger charge is -1.99. The second-order valence-electron chi connectivity index (χ2n) is 3.28. The molecule has 0 aliphatic heterocycles. The molecule has 0 saturated carbocycles. The van der Waals surface area contributed by atoms with Crippen molar-refractivity contribution < 1.29 is 4.39 Å². The molecule has 16 heavy (non-hydrogen) atoms. The Morgan fingerprint density at radius 3 is 3.00 bits per heavy atom. The van der Waals surface area contributed by atoms with Crippen LogP contribution in [0.1, 0.15) is 0 Å². The van der Waals surface area contributed by atoms with Crippen LogP contribution in [0.15, 0.2) is 28.9 Å². The molecule has 0 atom stereocenters. The van der Waals surface area contributed by atoms with Crippen LogP contribution in [0.2, 0.25) is 0 Å². The smallest absolute Gasteiger partial charge is 0.132 e. The molecule has 4 nitrogen and oxygen atoms in total. The zero-order valence-corrected chi connectivity index (χ0v) is 9.98. The summed E-state index contributed by atoms with van der Waals surface area (Å²) >= 11 is 3.29. The summed E-state index contributed by atoms with van der Waals surface area (Å²) in [5, 5.41) is 7.76. The van der Waals surface area contributed by atoms with E-state index < -0.39 is 0 Å². The second kappa shape index (κ2) is 4.71. The normalized spacial score (nSPS) is 10.7. The average Bonchev–Trinajstić information content (AvgIpc) is 2.71. The van der Waals surface area contributed by atoms with E-state index in [1.165, 1.54) is 6.07 Å². The predicted molar refractivity (Wildman–Crippen MR) is 62.2 cm³/mol. The van der Waals surface area contributed by atoms with E-state index in [0.717, 1.165) is 4.47 Å². The Morgan fingerprint density at radius 1 is 1.44 bits per heavy atom. The SMILES string of the molecule is NCCn1cc(-c2cc(Br)ccc2F)nn1. The van der Waals surface area contributed by atoms with Crippen molar-refractivity contribution in [3.63, 3.8) is 0 Å². The van der Waals surface area contributed by atoms with Gasteiger partial charge in [-0.3, -0.25) is 4.68 Å². The number of rotatable bonds is 3. The average molecular weight is 285 g/mol. The molecule has 2 N–H and O–H groups in total. The van der Waals surface area contributed by atoms with E-state index in [-0.39, 0.29) is 5.82 Å². The van der Waals surface area contributed by atoms with Crippen LogP contribution in [0.5, 0.6) is 0 Å². The first-order valence-corrected chi connectivity index (χ1v) is 5.55. The highest BCUT2D eigenvalue weighted by atomic mass is 79.9. The van der Waals surface area contributed by atoms with Gasteiger partial charge in [0.15, 0.2) is 0 Å². The van der Waals surface area contributed by atoms with Crippen LogP contribution in [-0.2, 0) is 6.54 Å². The van der Waals surface area contributed by atoms with E-state index in [1.54, 1.807) is 23.0 Å². The van der Waals surface area contributed by atoms with Crippen molar-refractivity contribution in [2.45, 2.75) is 6.54 Å². The summed E-state index contributed by atoms with van der Waals surface area (Å²) in [5.41, 5.74) is 6.33. The molecule has 0 bridgehead atoms. The summed E-state index contributed by atoms with van der Waals surface area (Å²) in [6.07, 6.45) is 1.68. The van der Waals surface area contributed by atoms with Crippen molar-refractivity contribution in [2.24, 2.45) is 5.73 Å². The molecule has 0 spiro atoms. The van der Waals surface area contributed by atoms with Gasteiger partial charge in [-0.1, -0.05) is 21.1 Å². The molecule has 0 aliphatic rings. The molecule has 0 radical (unpaired) electrons. The van der Waals surface area contributed by atoms with Gasteiger partial charge in [0.05, 0.1) is 12.7 Å². The lowest BCUT2D eigenvalue weighted by Crippen LogP contribution is -2.10. The van der Waals surface area contributed by atoms with E-state index in [1.807, 2.05) is 0 Å². The Balaban J connectivity index is 2.38. The van der Waals surface area contributed by atoms with Crippen molar-refractivity contribution in [1.29, 1.82) is 0 Å². The third-order valence-electron chi connectivity index (χ3n) is 2.10. The van der Waals surface area contributed by atoms with Crippen LogP contribution in [0.4, 0.5) is 4.39 Å². The van der Waals surface area contributed by atoms with Crippen LogP contribution in [0.3, 0.4) is 0 Å². The lowest BCUT2D eigenvalue weighted by molar-refractivity contribution is 0.598. The minimum Gasteiger partial charge on any atom is -0.329 e. The molecular weight excluding hydrogens is 275 g/mol. The van der Waals surface area contributed by atoms with Crippen molar-refractivity contribution in [3.05, 3.63) is 34.7 Å². The molecule has 84 valence electrons. The Hall–Kier alpha value is -1.27. The topological polar surface area (TPSA) is 56.7 Å². The third-order valence-corrected chi connectivity index (χ3v) is 2.59. The third kappa shape index (κ3) is 2.28. The van der Waals surface area contributed by atoms with Crippen LogP contribution in [-0.4, -0.2) is 21.5 Å². The summed E-state index contributed by atoms with van der Waals surface area (Å²) in [4.78, 5) is 0. The Bertz CT molecular complexity index is 497. The summed E-state index contributed by atoms with van der Waals surface area (Å²) < 4.78 is 15.9. The number of halogens is 2. The van der Waals surface area contributed by atoms with Gasteiger partial charge in [-0.15, -0.1) is 5.10 Å². The van der Waals surface area contributed by atoms with Gasteiger partial charge in [0, 0.05) is 16.6 Å². The number of nitrogens with zero attached hydrogens (tertiary/aromatic N) is 3. The van der Waals surface area contributed by atoms with Gasteiger partial charge in [-0.25, -0.2) is 4.39 Å². The standard InChI is InChI=1S/C10H10BrFN4/c11-7-1-2-9(12)8(5-7)10-6-16(4-3-13)15-14-10/h1-2,5-6H,3-4,13H2. The zero-order valence-electron chi connectivity index (χ0n) is 8.40. The van der Waals surface area contributed by atoms with Gasteiger partial charge >= 0.3 is 0 Å². The van der Waals surface area contributed by atoms with Crippen molar-refractivity contribution >= 4 is 15.9 Å². The maximum Gasteiger partial charge on any atom is 0.132 e. The number of benzene rings is 1. The first kappa shape index (κ1) is 11.2. The van der Waals surface area contributed by atoms with E-state index in [9.17, 15) is 4.39 Å². The number of hydrogen-bond donors (Lipinski definition) is 1. The first-order valence-electron chi connectivity index (χ1n) is 4.76. The summed E-state index contributed by atoms with van der Waals surface area (Å²) in [5.74, 6) is -0.317. The van der Waals surface area contributed by atoms with E-state index in [0.29, 0.717) is 24.3 Å². The van der Waals surface area contributed by atoms with Gasteiger partial charge < -0.3 is 5.73 Å². The molecule has 0 aliphatic carbocycles. The molecule has 1 aromatic carbocycles. The Labute approximate surface area is 100 Å². The minimum absolute atomic E-state index is 0.317. The Kier molecular flexibility index (Phi) is 3.31. The number of hydrogen-bond acceptors (Lipinski definition) is 3. The number of aromatic nitrogens is 3. The van der Waals surface area contributed by atoms with Gasteiger partial charge in [0.25, 0.3) is 0 Å². The minimum atomic E-state index is -0.317. The predicted octanol–water partition coefficient (Wildman–Crippen LogP) is 1.81. The van der Waals surface area contributed by atoms with Gasteiger partial charge in [-0.05, 0) is 18.2 Å². The highest BCUT2D eigenvalue weighted by Gasteiger charge is 2.09. The fourth-order valence-corrected chi connectivity index (χ4v) is 1.72. The molecule has 0 saturated heterocycles. The van der Waals surface area contributed by atoms with Gasteiger partial charge in [-0.2, -0.15) is 0 Å². The fourth-order valence-electron chi connectivity index (χ4n) is 1.36. The zero-order chi connectivity index (χ0) is 11.5. The lowest BCUT2D eigenvalue weighted by atomic mass is 10.1. The second-order valence-corrected chi connectivity index (χ2v) is 4.20. The molecule has 2 rings (SSSR count). The molecule has 1 aromatic heterocycles. The van der Waals surface area contributed by atoms with Gasteiger partial charge in [0.2, 0.25) is 0 Å². The summed E-state index contributed by atoms with van der Waals surface area (Å²) in [6.45, 7) is 1.05. The van der Waals surface area contributed by atoms with E-state index in [4.69, 9.17) is 5.73 Å². The van der Waals surface area contributed by atoms with Crippen molar-refractivity contribution in [2.75, 3.05) is 6.54 Å². The Morgan fingerprint density at radius 2 is 2.25 bits per heavy atom. The molecular formula is C10H10BrFN4. The van der Waals surface area contributed by atoms with Gasteiger partial charge in [0.1, 0.15) is 11.5 Å². The monoisotopic (exact) mass is 284 g/mol. The molecule has 0 amide bonds. The quantitative estimate of drug-likeness (QED) is 0.935.